The minimum absolute atomic E-state index is 0.00270. The molecule has 0 saturated heterocycles. The summed E-state index contributed by atoms with van der Waals surface area (Å²) in [6, 6.07) is -0.719. The minimum Gasteiger partial charge on any atom is -0.508 e. The van der Waals surface area contributed by atoms with Gasteiger partial charge in [-0.25, -0.2) is 0 Å². The number of benzene rings is 1. The van der Waals surface area contributed by atoms with E-state index in [-0.39, 0.29) is 36.4 Å². The van der Waals surface area contributed by atoms with Crippen LogP contribution >= 0.6 is 0 Å². The number of aryl methyl sites for hydroxylation is 2. The summed E-state index contributed by atoms with van der Waals surface area (Å²) in [7, 11) is 0. The first-order valence-electron chi connectivity index (χ1n) is 18.2. The van der Waals surface area contributed by atoms with Gasteiger partial charge >= 0.3 is 0 Å². The maximum Gasteiger partial charge on any atom is 0.243 e. The topological polar surface area (TPSA) is 267 Å². The number of phenols is 1. The van der Waals surface area contributed by atoms with Crippen molar-refractivity contribution in [2.45, 2.75) is 121 Å². The summed E-state index contributed by atoms with van der Waals surface area (Å²) in [5, 5.41) is 18.7. The molecule has 4 amide bonds. The lowest BCUT2D eigenvalue weighted by Gasteiger charge is -2.57. The number of phenolic OH excluding ortho intramolecular Hbond substituents is 1. The normalized spacial score (nSPS) is 24.4. The Bertz CT molecular complexity index is 1350. The smallest absolute Gasteiger partial charge is 0.243 e. The van der Waals surface area contributed by atoms with E-state index in [9.17, 15) is 24.3 Å². The molecule has 14 heteroatoms. The van der Waals surface area contributed by atoms with Gasteiger partial charge in [-0.1, -0.05) is 0 Å². The molecule has 0 spiro atoms. The molecule has 4 atom stereocenters. The Hall–Kier alpha value is -3.91. The summed E-state index contributed by atoms with van der Waals surface area (Å²) in [6.07, 6.45) is 9.72. The van der Waals surface area contributed by atoms with Crippen molar-refractivity contribution in [3.05, 3.63) is 28.8 Å². The first-order valence-corrected chi connectivity index (χ1v) is 18.2. The number of unbranched alkanes of at least 4 members (excludes halogenated alkanes) is 1. The lowest BCUT2D eigenvalue weighted by atomic mass is 9.48. The molecule has 4 aliphatic rings. The lowest BCUT2D eigenvalue weighted by molar-refractivity contribution is -0.134. The molecule has 4 bridgehead atoms. The summed E-state index contributed by atoms with van der Waals surface area (Å²) in [5.74, 6) is -0.153. The van der Waals surface area contributed by atoms with Crippen molar-refractivity contribution in [1.82, 2.24) is 16.0 Å². The van der Waals surface area contributed by atoms with Crippen LogP contribution in [-0.2, 0) is 25.6 Å². The Kier molecular flexibility index (Phi) is 13.5. The fourth-order valence-corrected chi connectivity index (χ4v) is 9.14. The number of aliphatic imine (C=N–C) groups is 1. The number of nitrogens with one attached hydrogen (secondary N) is 3. The van der Waals surface area contributed by atoms with Gasteiger partial charge < -0.3 is 49.7 Å². The highest BCUT2D eigenvalue weighted by Crippen LogP contribution is 2.61. The van der Waals surface area contributed by atoms with Crippen molar-refractivity contribution in [2.24, 2.45) is 56.8 Å². The van der Waals surface area contributed by atoms with E-state index in [1.807, 2.05) is 13.8 Å². The van der Waals surface area contributed by atoms with Gasteiger partial charge in [0, 0.05) is 13.0 Å². The van der Waals surface area contributed by atoms with E-state index in [2.05, 4.69) is 20.9 Å². The number of nitrogens with zero attached hydrogens (tertiary/aromatic N) is 1. The highest BCUT2D eigenvalue weighted by atomic mass is 16.3. The molecule has 50 heavy (non-hydrogen) atoms. The van der Waals surface area contributed by atoms with Crippen LogP contribution in [0.4, 0.5) is 0 Å². The summed E-state index contributed by atoms with van der Waals surface area (Å²) < 4.78 is 0. The standard InChI is InChI=1S/C36H59N9O5/c1-20-10-25(46)11-21(2)26(20)15-29(44-32(48)27(38)6-5-9-42-35(40)41)34(50)43-28(7-3-4-8-37)33(49)45-30(31(39)47)19-36-16-22-12-23(17-36)14-24(13-22)18-36/h10-11,22-24,27-30,46H,3-9,12-19,37-38H2,1-2H3,(H2,39,47)(H,43,50)(H,44,48)(H,45,49)(H4,40,41,42)/t22?,23?,24?,27-,28+,29+,30+,36?/m1/s1. The van der Waals surface area contributed by atoms with Crippen LogP contribution in [0, 0.1) is 37.0 Å². The predicted molar refractivity (Wildman–Crippen MR) is 192 cm³/mol. The first kappa shape index (κ1) is 38.9. The van der Waals surface area contributed by atoms with Crippen LogP contribution in [0.2, 0.25) is 0 Å². The minimum atomic E-state index is -1.10. The SMILES string of the molecule is Cc1cc(O)cc(C)c1C[C@H](NC(=O)[C@H](N)CCCN=C(N)N)C(=O)N[C@@H](CCCCN)C(=O)N[C@@H](CC12CC3CC(CC(C3)C1)C2)C(N)=O. The number of amides is 4. The van der Waals surface area contributed by atoms with Crippen LogP contribution in [0.25, 0.3) is 0 Å². The molecule has 0 aliphatic heterocycles. The molecule has 1 aromatic rings. The molecule has 14 N–H and O–H groups in total. The number of guanidine groups is 1. The first-order chi connectivity index (χ1) is 23.7. The lowest BCUT2D eigenvalue weighted by Crippen LogP contribution is -2.59. The monoisotopic (exact) mass is 697 g/mol. The van der Waals surface area contributed by atoms with Crippen LogP contribution in [0.15, 0.2) is 17.1 Å². The third-order valence-corrected chi connectivity index (χ3v) is 11.1. The van der Waals surface area contributed by atoms with Crippen molar-refractivity contribution >= 4 is 29.6 Å². The maximum atomic E-state index is 14.0. The summed E-state index contributed by atoms with van der Waals surface area (Å²) in [6.45, 7) is 4.33. The zero-order valence-electron chi connectivity index (χ0n) is 29.7. The average molecular weight is 698 g/mol. The number of nitrogens with two attached hydrogens (primary N) is 5. The quantitative estimate of drug-likeness (QED) is 0.0556. The van der Waals surface area contributed by atoms with Crippen LogP contribution in [-0.4, -0.2) is 72.0 Å². The molecule has 0 aromatic heterocycles. The van der Waals surface area contributed by atoms with E-state index in [1.165, 1.54) is 19.3 Å². The molecular formula is C36H59N9O5. The number of carbonyl (C=O) groups excluding carboxylic acids is 4. The molecule has 0 radical (unpaired) electrons. The Morgan fingerprint density at radius 1 is 0.820 bits per heavy atom. The molecule has 5 rings (SSSR count). The molecule has 1 aromatic carbocycles. The Morgan fingerprint density at radius 2 is 1.36 bits per heavy atom. The van der Waals surface area contributed by atoms with Gasteiger partial charge in [0.2, 0.25) is 23.6 Å². The highest BCUT2D eigenvalue weighted by Gasteiger charge is 2.52. The Balaban J connectivity index is 1.50. The van der Waals surface area contributed by atoms with Gasteiger partial charge in [-0.05, 0) is 149 Å². The van der Waals surface area contributed by atoms with Crippen LogP contribution in [0.5, 0.6) is 5.75 Å². The van der Waals surface area contributed by atoms with Gasteiger partial charge in [-0.3, -0.25) is 24.2 Å². The van der Waals surface area contributed by atoms with Gasteiger partial charge in [0.25, 0.3) is 0 Å². The number of carbonyl (C=O) groups is 4. The van der Waals surface area contributed by atoms with E-state index >= 15 is 0 Å². The second-order valence-electron chi connectivity index (χ2n) is 15.3. The number of rotatable bonds is 19. The fourth-order valence-electron chi connectivity index (χ4n) is 9.14. The van der Waals surface area contributed by atoms with E-state index in [0.717, 1.165) is 36.0 Å². The number of primary amides is 1. The van der Waals surface area contributed by atoms with Gasteiger partial charge in [0.05, 0.1) is 6.04 Å². The van der Waals surface area contributed by atoms with Crippen molar-refractivity contribution in [3.8, 4) is 5.75 Å². The van der Waals surface area contributed by atoms with Gasteiger partial charge in [0.15, 0.2) is 5.96 Å². The summed E-state index contributed by atoms with van der Waals surface area (Å²) >= 11 is 0. The second-order valence-corrected chi connectivity index (χ2v) is 15.3. The zero-order valence-corrected chi connectivity index (χ0v) is 29.7. The van der Waals surface area contributed by atoms with Crippen molar-refractivity contribution in [2.75, 3.05) is 13.1 Å². The molecule has 14 nitrogen and oxygen atoms in total. The van der Waals surface area contributed by atoms with E-state index in [1.54, 1.807) is 12.1 Å². The number of hydrogen-bond acceptors (Lipinski definition) is 8. The highest BCUT2D eigenvalue weighted by molar-refractivity contribution is 5.94. The number of aromatic hydroxyl groups is 1. The van der Waals surface area contributed by atoms with Crippen LogP contribution < -0.4 is 44.6 Å². The van der Waals surface area contributed by atoms with Crippen molar-refractivity contribution in [1.29, 1.82) is 0 Å². The Labute approximate surface area is 295 Å². The molecule has 4 saturated carbocycles. The fraction of sp³-hybridized carbons (Fsp3) is 0.694. The zero-order chi connectivity index (χ0) is 36.6. The molecule has 0 unspecified atom stereocenters. The van der Waals surface area contributed by atoms with Gasteiger partial charge in [-0.2, -0.15) is 0 Å². The molecular weight excluding hydrogens is 638 g/mol. The van der Waals surface area contributed by atoms with E-state index in [0.29, 0.717) is 56.5 Å². The molecule has 4 fully saturated rings. The van der Waals surface area contributed by atoms with Gasteiger partial charge in [-0.15, -0.1) is 0 Å². The summed E-state index contributed by atoms with van der Waals surface area (Å²) in [4.78, 5) is 57.9. The molecule has 278 valence electrons. The van der Waals surface area contributed by atoms with Gasteiger partial charge in [0.1, 0.15) is 23.9 Å². The average Bonchev–Trinajstić information content (AvgIpc) is 3.02. The third kappa shape index (κ3) is 10.5. The maximum absolute atomic E-state index is 14.0. The second kappa shape index (κ2) is 17.3. The molecule has 0 heterocycles. The third-order valence-electron chi connectivity index (χ3n) is 11.1. The molecule has 4 aliphatic carbocycles. The van der Waals surface area contributed by atoms with E-state index in [4.69, 9.17) is 28.7 Å². The van der Waals surface area contributed by atoms with Crippen molar-refractivity contribution < 1.29 is 24.3 Å². The predicted octanol–water partition coefficient (Wildman–Crippen LogP) is 0.608. The van der Waals surface area contributed by atoms with Crippen LogP contribution in [0.1, 0.15) is 93.7 Å². The largest absolute Gasteiger partial charge is 0.508 e. The number of hydrogen-bond donors (Lipinski definition) is 9. The summed E-state index contributed by atoms with van der Waals surface area (Å²) in [5.41, 5.74) is 30.8. The van der Waals surface area contributed by atoms with Crippen molar-refractivity contribution in [3.63, 3.8) is 0 Å². The van der Waals surface area contributed by atoms with E-state index < -0.39 is 47.8 Å². The Morgan fingerprint density at radius 3 is 1.90 bits per heavy atom. The van der Waals surface area contributed by atoms with Crippen LogP contribution in [0.3, 0.4) is 0 Å².